The Morgan fingerprint density at radius 2 is 1.71 bits per heavy atom. The predicted octanol–water partition coefficient (Wildman–Crippen LogP) is 1.84. The molecule has 0 aliphatic heterocycles. The minimum Gasteiger partial charge on any atom is -0.335 e. The quantitative estimate of drug-likeness (QED) is 0.772. The highest BCUT2D eigenvalue weighted by atomic mass is 16.2. The summed E-state index contributed by atoms with van der Waals surface area (Å²) in [6.45, 7) is 0. The van der Waals surface area contributed by atoms with Crippen molar-refractivity contribution < 1.29 is 4.79 Å². The van der Waals surface area contributed by atoms with Gasteiger partial charge in [0.2, 0.25) is 0 Å². The van der Waals surface area contributed by atoms with Crippen molar-refractivity contribution in [3.8, 4) is 0 Å². The fraction of sp³-hybridized carbons (Fsp3) is 0.923. The molecule has 2 aliphatic rings. The van der Waals surface area contributed by atoms with Gasteiger partial charge >= 0.3 is 6.03 Å². The predicted molar refractivity (Wildman–Crippen MR) is 68.8 cm³/mol. The Morgan fingerprint density at radius 1 is 1.12 bits per heavy atom. The van der Waals surface area contributed by atoms with Gasteiger partial charge in [-0.15, -0.1) is 0 Å². The number of likely N-dealkylation sites (N-methyl/N-ethyl adjacent to an activating group) is 1. The molecule has 2 amide bonds. The number of nitrogens with two attached hydrogens (primary N) is 1. The number of urea groups is 1. The summed E-state index contributed by atoms with van der Waals surface area (Å²) >= 11 is 0. The Labute approximate surface area is 104 Å². The van der Waals surface area contributed by atoms with E-state index >= 15 is 0 Å². The highest BCUT2D eigenvalue weighted by molar-refractivity contribution is 5.74. The van der Waals surface area contributed by atoms with Crippen LogP contribution in [-0.2, 0) is 0 Å². The number of carbonyl (C=O) groups is 1. The molecule has 3 N–H and O–H groups in total. The van der Waals surface area contributed by atoms with Crippen LogP contribution >= 0.6 is 0 Å². The number of hydrogen-bond acceptors (Lipinski definition) is 2. The van der Waals surface area contributed by atoms with Crippen LogP contribution in [0.5, 0.6) is 0 Å². The first-order valence-electron chi connectivity index (χ1n) is 6.97. The molecular weight excluding hydrogens is 214 g/mol. The second-order valence-electron chi connectivity index (χ2n) is 5.56. The van der Waals surface area contributed by atoms with Gasteiger partial charge in [-0.05, 0) is 25.7 Å². The number of carbonyl (C=O) groups excluding carboxylic acids is 1. The van der Waals surface area contributed by atoms with Crippen LogP contribution in [0.25, 0.3) is 0 Å². The zero-order valence-electron chi connectivity index (χ0n) is 10.8. The van der Waals surface area contributed by atoms with Crippen LogP contribution in [0.2, 0.25) is 0 Å². The summed E-state index contributed by atoms with van der Waals surface area (Å²) in [5.74, 6) is 0. The van der Waals surface area contributed by atoms with E-state index in [2.05, 4.69) is 5.32 Å². The van der Waals surface area contributed by atoms with E-state index in [0.717, 1.165) is 25.7 Å². The Hall–Kier alpha value is -0.770. The second kappa shape index (κ2) is 5.71. The Morgan fingerprint density at radius 3 is 2.35 bits per heavy atom. The summed E-state index contributed by atoms with van der Waals surface area (Å²) in [7, 11) is 1.89. The summed E-state index contributed by atoms with van der Waals surface area (Å²) in [5, 5.41) is 3.13. The minimum absolute atomic E-state index is 0.0687. The smallest absolute Gasteiger partial charge is 0.317 e. The van der Waals surface area contributed by atoms with Crippen LogP contribution in [-0.4, -0.2) is 36.1 Å². The van der Waals surface area contributed by atoms with Crippen molar-refractivity contribution in [1.29, 1.82) is 0 Å². The van der Waals surface area contributed by atoms with Gasteiger partial charge in [-0.2, -0.15) is 0 Å². The molecule has 0 aromatic carbocycles. The first kappa shape index (κ1) is 12.7. The monoisotopic (exact) mass is 239 g/mol. The lowest BCUT2D eigenvalue weighted by Crippen LogP contribution is -2.54. The molecule has 0 radical (unpaired) electrons. The van der Waals surface area contributed by atoms with Gasteiger partial charge in [0.05, 0.1) is 0 Å². The fourth-order valence-corrected chi connectivity index (χ4v) is 3.12. The molecule has 2 fully saturated rings. The molecule has 2 unspecified atom stereocenters. The number of hydrogen-bond donors (Lipinski definition) is 2. The van der Waals surface area contributed by atoms with Crippen molar-refractivity contribution in [2.45, 2.75) is 69.5 Å². The second-order valence-corrected chi connectivity index (χ2v) is 5.56. The van der Waals surface area contributed by atoms with Gasteiger partial charge in [-0.3, -0.25) is 0 Å². The Kier molecular flexibility index (Phi) is 4.26. The van der Waals surface area contributed by atoms with Gasteiger partial charge in [-0.25, -0.2) is 4.79 Å². The summed E-state index contributed by atoms with van der Waals surface area (Å²) in [6, 6.07) is 0.845. The highest BCUT2D eigenvalue weighted by Crippen LogP contribution is 2.22. The summed E-state index contributed by atoms with van der Waals surface area (Å²) < 4.78 is 0. The van der Waals surface area contributed by atoms with Crippen molar-refractivity contribution >= 4 is 6.03 Å². The van der Waals surface area contributed by atoms with E-state index < -0.39 is 0 Å². The lowest BCUT2D eigenvalue weighted by Gasteiger charge is -2.36. The third-order valence-electron chi connectivity index (χ3n) is 4.28. The lowest BCUT2D eigenvalue weighted by molar-refractivity contribution is 0.160. The SMILES string of the molecule is CN(C(=O)NC1CCCC1)C1CCCCC1N. The topological polar surface area (TPSA) is 58.4 Å². The van der Waals surface area contributed by atoms with Crippen LogP contribution in [0.15, 0.2) is 0 Å². The number of nitrogens with zero attached hydrogens (tertiary/aromatic N) is 1. The van der Waals surface area contributed by atoms with Crippen LogP contribution in [0.3, 0.4) is 0 Å². The zero-order chi connectivity index (χ0) is 12.3. The van der Waals surface area contributed by atoms with Gasteiger partial charge < -0.3 is 16.0 Å². The molecule has 0 aromatic rings. The van der Waals surface area contributed by atoms with E-state index in [1.54, 1.807) is 0 Å². The van der Waals surface area contributed by atoms with Gasteiger partial charge in [0.25, 0.3) is 0 Å². The van der Waals surface area contributed by atoms with Gasteiger partial charge in [-0.1, -0.05) is 25.7 Å². The maximum absolute atomic E-state index is 12.1. The molecular formula is C13H25N3O. The summed E-state index contributed by atoms with van der Waals surface area (Å²) in [4.78, 5) is 13.9. The normalized spacial score (nSPS) is 30.2. The van der Waals surface area contributed by atoms with Gasteiger partial charge in [0.15, 0.2) is 0 Å². The molecule has 2 aliphatic carbocycles. The first-order chi connectivity index (χ1) is 8.18. The third-order valence-corrected chi connectivity index (χ3v) is 4.28. The zero-order valence-corrected chi connectivity index (χ0v) is 10.8. The molecule has 0 bridgehead atoms. The molecule has 4 heteroatoms. The maximum atomic E-state index is 12.1. The Balaban J connectivity index is 1.84. The third kappa shape index (κ3) is 3.12. The molecule has 2 atom stereocenters. The van der Waals surface area contributed by atoms with E-state index in [1.165, 1.54) is 25.7 Å². The lowest BCUT2D eigenvalue weighted by atomic mass is 9.90. The highest BCUT2D eigenvalue weighted by Gasteiger charge is 2.29. The molecule has 0 spiro atoms. The molecule has 17 heavy (non-hydrogen) atoms. The average Bonchev–Trinajstić information content (AvgIpc) is 2.81. The van der Waals surface area contributed by atoms with Crippen molar-refractivity contribution in [3.63, 3.8) is 0 Å². The number of nitrogens with one attached hydrogen (secondary N) is 1. The maximum Gasteiger partial charge on any atom is 0.317 e. The van der Waals surface area contributed by atoms with Crippen LogP contribution in [0.1, 0.15) is 51.4 Å². The van der Waals surface area contributed by atoms with Gasteiger partial charge in [0, 0.05) is 25.2 Å². The van der Waals surface area contributed by atoms with Crippen molar-refractivity contribution in [3.05, 3.63) is 0 Å². The van der Waals surface area contributed by atoms with Crippen LogP contribution < -0.4 is 11.1 Å². The van der Waals surface area contributed by atoms with Crippen LogP contribution in [0.4, 0.5) is 4.79 Å². The van der Waals surface area contributed by atoms with E-state index in [-0.39, 0.29) is 18.1 Å². The molecule has 2 saturated carbocycles. The molecule has 2 rings (SSSR count). The van der Waals surface area contributed by atoms with E-state index in [1.807, 2.05) is 11.9 Å². The average molecular weight is 239 g/mol. The number of amides is 2. The molecule has 0 aromatic heterocycles. The largest absolute Gasteiger partial charge is 0.335 e. The van der Waals surface area contributed by atoms with E-state index in [9.17, 15) is 4.79 Å². The summed E-state index contributed by atoms with van der Waals surface area (Å²) in [6.07, 6.45) is 9.26. The molecule has 0 heterocycles. The molecule has 0 saturated heterocycles. The van der Waals surface area contributed by atoms with E-state index in [0.29, 0.717) is 6.04 Å². The first-order valence-corrected chi connectivity index (χ1v) is 6.97. The van der Waals surface area contributed by atoms with Gasteiger partial charge in [0.1, 0.15) is 0 Å². The van der Waals surface area contributed by atoms with Crippen molar-refractivity contribution in [2.24, 2.45) is 5.73 Å². The van der Waals surface area contributed by atoms with Crippen molar-refractivity contribution in [2.75, 3.05) is 7.05 Å². The minimum atomic E-state index is 0.0687. The Bertz CT molecular complexity index is 263. The van der Waals surface area contributed by atoms with Crippen LogP contribution in [0, 0.1) is 0 Å². The standard InChI is InChI=1S/C13H25N3O/c1-16(12-9-5-4-8-11(12)14)13(17)15-10-6-2-3-7-10/h10-12H,2-9,14H2,1H3,(H,15,17). The summed E-state index contributed by atoms with van der Waals surface area (Å²) in [5.41, 5.74) is 6.10. The van der Waals surface area contributed by atoms with E-state index in [4.69, 9.17) is 5.73 Å². The molecule has 98 valence electrons. The number of rotatable bonds is 2. The molecule has 4 nitrogen and oxygen atoms in total. The fourth-order valence-electron chi connectivity index (χ4n) is 3.12. The van der Waals surface area contributed by atoms with Crippen molar-refractivity contribution in [1.82, 2.24) is 10.2 Å².